The summed E-state index contributed by atoms with van der Waals surface area (Å²) in [6, 6.07) is 24.4. The molecule has 1 N–H and O–H groups in total. The second-order valence-corrected chi connectivity index (χ2v) is 8.29. The number of carbonyl (C=O) groups excluding carboxylic acids is 2. The molecule has 0 aliphatic heterocycles. The highest BCUT2D eigenvalue weighted by atomic mass is 35.5. The van der Waals surface area contributed by atoms with Crippen molar-refractivity contribution in [1.82, 2.24) is 4.98 Å². The van der Waals surface area contributed by atoms with Crippen LogP contribution >= 0.6 is 22.9 Å². The Kier molecular flexibility index (Phi) is 6.63. The van der Waals surface area contributed by atoms with Gasteiger partial charge in [-0.3, -0.25) is 4.79 Å². The first-order chi connectivity index (χ1) is 15.5. The third kappa shape index (κ3) is 5.04. The fourth-order valence-corrected chi connectivity index (χ4v) is 4.07. The summed E-state index contributed by atoms with van der Waals surface area (Å²) in [5, 5.41) is 5.69. The third-order valence-corrected chi connectivity index (χ3v) is 5.83. The number of anilines is 1. The van der Waals surface area contributed by atoms with Crippen LogP contribution in [0.3, 0.4) is 0 Å². The van der Waals surface area contributed by atoms with E-state index in [9.17, 15) is 9.59 Å². The Balaban J connectivity index is 1.43. The average molecular weight is 463 g/mol. The van der Waals surface area contributed by atoms with Crippen LogP contribution in [0, 0.1) is 0 Å². The molecule has 160 valence electrons. The number of amides is 1. The minimum absolute atomic E-state index is 0.148. The first-order valence-electron chi connectivity index (χ1n) is 9.89. The number of thiazole rings is 1. The molecule has 0 radical (unpaired) electrons. The monoisotopic (exact) mass is 462 g/mol. The second kappa shape index (κ2) is 9.77. The number of hydrogen-bond donors (Lipinski definition) is 1. The highest BCUT2D eigenvalue weighted by Crippen LogP contribution is 2.28. The predicted octanol–water partition coefficient (Wildman–Crippen LogP) is 6.31. The van der Waals surface area contributed by atoms with Crippen molar-refractivity contribution in [2.45, 2.75) is 13.0 Å². The molecule has 0 saturated carbocycles. The van der Waals surface area contributed by atoms with Gasteiger partial charge in [-0.2, -0.15) is 0 Å². The minimum atomic E-state index is -0.998. The first-order valence-corrected chi connectivity index (χ1v) is 11.1. The van der Waals surface area contributed by atoms with E-state index in [0.29, 0.717) is 15.7 Å². The van der Waals surface area contributed by atoms with E-state index in [2.05, 4.69) is 10.3 Å². The molecule has 0 fully saturated rings. The molecule has 1 unspecified atom stereocenters. The van der Waals surface area contributed by atoms with Crippen LogP contribution in [0.4, 0.5) is 5.69 Å². The summed E-state index contributed by atoms with van der Waals surface area (Å²) in [6.45, 7) is 1.53. The summed E-state index contributed by atoms with van der Waals surface area (Å²) in [7, 11) is 0. The number of esters is 1. The lowest BCUT2D eigenvalue weighted by atomic mass is 10.0. The molecule has 0 spiro atoms. The highest BCUT2D eigenvalue weighted by Gasteiger charge is 2.22. The molecule has 1 aromatic heterocycles. The Labute approximate surface area is 194 Å². The van der Waals surface area contributed by atoms with E-state index < -0.39 is 18.0 Å². The summed E-state index contributed by atoms with van der Waals surface area (Å²) < 4.78 is 5.36. The summed E-state index contributed by atoms with van der Waals surface area (Å²) >= 11 is 7.33. The lowest BCUT2D eigenvalue weighted by Gasteiger charge is -2.15. The van der Waals surface area contributed by atoms with Gasteiger partial charge in [-0.15, -0.1) is 11.3 Å². The Hall–Kier alpha value is -3.48. The molecule has 4 rings (SSSR count). The standard InChI is InChI=1S/C25H19ClN2O3S/c1-16(23(29)27-21-13-6-5-12-20(21)17-8-3-2-4-9-17)31-25(30)22-15-32-24(28-22)18-10-7-11-19(26)14-18/h2-16H,1H3,(H,27,29). The fraction of sp³-hybridized carbons (Fsp3) is 0.0800. The van der Waals surface area contributed by atoms with Gasteiger partial charge < -0.3 is 10.1 Å². The summed E-state index contributed by atoms with van der Waals surface area (Å²) in [5.74, 6) is -1.08. The zero-order valence-corrected chi connectivity index (χ0v) is 18.7. The maximum absolute atomic E-state index is 12.7. The van der Waals surface area contributed by atoms with Crippen molar-refractivity contribution in [1.29, 1.82) is 0 Å². The lowest BCUT2D eigenvalue weighted by molar-refractivity contribution is -0.123. The first kappa shape index (κ1) is 21.7. The lowest BCUT2D eigenvalue weighted by Crippen LogP contribution is -2.30. The van der Waals surface area contributed by atoms with Gasteiger partial charge in [-0.25, -0.2) is 9.78 Å². The number of benzene rings is 3. The summed E-state index contributed by atoms with van der Waals surface area (Å²) in [6.07, 6.45) is -0.998. The molecule has 32 heavy (non-hydrogen) atoms. The SMILES string of the molecule is CC(OC(=O)c1csc(-c2cccc(Cl)c2)n1)C(=O)Nc1ccccc1-c1ccccc1. The van der Waals surface area contributed by atoms with Gasteiger partial charge in [0.2, 0.25) is 0 Å². The Morgan fingerprint density at radius 3 is 2.47 bits per heavy atom. The highest BCUT2D eigenvalue weighted by molar-refractivity contribution is 7.13. The van der Waals surface area contributed by atoms with Crippen LogP contribution < -0.4 is 5.32 Å². The molecule has 1 heterocycles. The molecule has 7 heteroatoms. The molecule has 4 aromatic rings. The van der Waals surface area contributed by atoms with Gasteiger partial charge in [0.15, 0.2) is 11.8 Å². The van der Waals surface area contributed by atoms with Crippen molar-refractivity contribution in [2.75, 3.05) is 5.32 Å². The summed E-state index contributed by atoms with van der Waals surface area (Å²) in [5.41, 5.74) is 3.46. The van der Waals surface area contributed by atoms with Crippen molar-refractivity contribution in [2.24, 2.45) is 0 Å². The van der Waals surface area contributed by atoms with E-state index in [-0.39, 0.29) is 5.69 Å². The van der Waals surface area contributed by atoms with Crippen molar-refractivity contribution < 1.29 is 14.3 Å². The molecule has 1 amide bonds. The molecule has 0 bridgehead atoms. The Morgan fingerprint density at radius 1 is 0.969 bits per heavy atom. The molecular weight excluding hydrogens is 444 g/mol. The Bertz CT molecular complexity index is 1260. The van der Waals surface area contributed by atoms with Crippen LogP contribution in [0.15, 0.2) is 84.2 Å². The van der Waals surface area contributed by atoms with Crippen LogP contribution in [-0.4, -0.2) is 23.0 Å². The van der Waals surface area contributed by atoms with E-state index in [1.54, 1.807) is 17.5 Å². The number of ether oxygens (including phenoxy) is 1. The van der Waals surface area contributed by atoms with Crippen LogP contribution in [0.1, 0.15) is 17.4 Å². The predicted molar refractivity (Wildman–Crippen MR) is 128 cm³/mol. The Morgan fingerprint density at radius 2 is 1.69 bits per heavy atom. The van der Waals surface area contributed by atoms with Crippen molar-refractivity contribution in [3.8, 4) is 21.7 Å². The van der Waals surface area contributed by atoms with Gasteiger partial charge in [0, 0.05) is 27.2 Å². The number of nitrogens with one attached hydrogen (secondary N) is 1. The van der Waals surface area contributed by atoms with E-state index in [4.69, 9.17) is 16.3 Å². The number of halogens is 1. The number of para-hydroxylation sites is 1. The van der Waals surface area contributed by atoms with E-state index in [1.807, 2.05) is 66.7 Å². The van der Waals surface area contributed by atoms with Crippen LogP contribution in [0.5, 0.6) is 0 Å². The zero-order valence-electron chi connectivity index (χ0n) is 17.1. The molecule has 0 saturated heterocycles. The average Bonchev–Trinajstić information content (AvgIpc) is 3.31. The van der Waals surface area contributed by atoms with Gasteiger partial charge in [-0.05, 0) is 30.7 Å². The molecular formula is C25H19ClN2O3S. The molecule has 1 atom stereocenters. The normalized spacial score (nSPS) is 11.6. The molecule has 3 aromatic carbocycles. The largest absolute Gasteiger partial charge is 0.448 e. The van der Waals surface area contributed by atoms with Gasteiger partial charge >= 0.3 is 5.97 Å². The fourth-order valence-electron chi connectivity index (χ4n) is 3.09. The van der Waals surface area contributed by atoms with Crippen molar-refractivity contribution in [3.63, 3.8) is 0 Å². The van der Waals surface area contributed by atoms with Crippen LogP contribution in [0.2, 0.25) is 5.02 Å². The quantitative estimate of drug-likeness (QED) is 0.341. The number of carbonyl (C=O) groups is 2. The maximum Gasteiger partial charge on any atom is 0.358 e. The molecule has 0 aliphatic rings. The van der Waals surface area contributed by atoms with Gasteiger partial charge in [0.25, 0.3) is 5.91 Å². The van der Waals surface area contributed by atoms with E-state index in [1.165, 1.54) is 18.3 Å². The topological polar surface area (TPSA) is 68.3 Å². The van der Waals surface area contributed by atoms with Gasteiger partial charge in [0.05, 0.1) is 0 Å². The second-order valence-electron chi connectivity index (χ2n) is 7.00. The maximum atomic E-state index is 12.7. The summed E-state index contributed by atoms with van der Waals surface area (Å²) in [4.78, 5) is 29.6. The molecule has 0 aliphatic carbocycles. The van der Waals surface area contributed by atoms with Gasteiger partial charge in [-0.1, -0.05) is 72.3 Å². The zero-order chi connectivity index (χ0) is 22.5. The number of aromatic nitrogens is 1. The van der Waals surface area contributed by atoms with E-state index in [0.717, 1.165) is 16.7 Å². The van der Waals surface area contributed by atoms with Gasteiger partial charge in [0.1, 0.15) is 5.01 Å². The minimum Gasteiger partial charge on any atom is -0.448 e. The number of rotatable bonds is 6. The van der Waals surface area contributed by atoms with Crippen LogP contribution in [-0.2, 0) is 9.53 Å². The molecule has 5 nitrogen and oxygen atoms in total. The van der Waals surface area contributed by atoms with Crippen molar-refractivity contribution in [3.05, 3.63) is 95.0 Å². The smallest absolute Gasteiger partial charge is 0.358 e. The number of nitrogens with zero attached hydrogens (tertiary/aromatic N) is 1. The third-order valence-electron chi connectivity index (χ3n) is 4.71. The van der Waals surface area contributed by atoms with Crippen LogP contribution in [0.25, 0.3) is 21.7 Å². The van der Waals surface area contributed by atoms with E-state index >= 15 is 0 Å². The van der Waals surface area contributed by atoms with Crippen molar-refractivity contribution >= 4 is 40.5 Å². The number of hydrogen-bond acceptors (Lipinski definition) is 5.